The second-order valence-electron chi connectivity index (χ2n) is 3.59. The molecular weight excluding hydrogens is 206 g/mol. The van der Waals surface area contributed by atoms with Crippen molar-refractivity contribution in [3.63, 3.8) is 0 Å². The first-order valence-electron chi connectivity index (χ1n) is 5.18. The lowest BCUT2D eigenvalue weighted by atomic mass is 10.3. The quantitative estimate of drug-likeness (QED) is 0.791. The molecule has 1 aromatic rings. The van der Waals surface area contributed by atoms with Gasteiger partial charge in [0.1, 0.15) is 0 Å². The number of nitrogens with one attached hydrogen (secondary N) is 1. The zero-order valence-corrected chi connectivity index (χ0v) is 10.2. The number of thioether (sulfide) groups is 1. The van der Waals surface area contributed by atoms with Gasteiger partial charge >= 0.3 is 0 Å². The van der Waals surface area contributed by atoms with Crippen LogP contribution in [0.3, 0.4) is 0 Å². The first-order valence-corrected chi connectivity index (χ1v) is 6.06. The van der Waals surface area contributed by atoms with E-state index in [4.69, 9.17) is 0 Å². The summed E-state index contributed by atoms with van der Waals surface area (Å²) in [4.78, 5) is 12.4. The lowest BCUT2D eigenvalue weighted by Crippen LogP contribution is -2.09. The van der Waals surface area contributed by atoms with E-state index in [2.05, 4.69) is 19.2 Å². The third-order valence-electron chi connectivity index (χ3n) is 1.83. The summed E-state index contributed by atoms with van der Waals surface area (Å²) in [6.45, 7) is 6.17. The van der Waals surface area contributed by atoms with Crippen LogP contribution in [0.2, 0.25) is 0 Å². The van der Waals surface area contributed by atoms with Crippen LogP contribution in [-0.2, 0) is 4.79 Å². The van der Waals surface area contributed by atoms with Crippen LogP contribution < -0.4 is 5.32 Å². The van der Waals surface area contributed by atoms with E-state index in [1.807, 2.05) is 43.0 Å². The molecule has 0 aliphatic heterocycles. The van der Waals surface area contributed by atoms with Crippen LogP contribution in [0, 0.1) is 0 Å². The molecule has 0 aliphatic carbocycles. The summed E-state index contributed by atoms with van der Waals surface area (Å²) in [6.07, 6.45) is 0.516. The molecule has 0 saturated carbocycles. The number of carbonyl (C=O) groups is 1. The van der Waals surface area contributed by atoms with Crippen molar-refractivity contribution in [1.82, 2.24) is 0 Å². The predicted molar refractivity (Wildman–Crippen MR) is 66.4 cm³/mol. The van der Waals surface area contributed by atoms with E-state index in [1.54, 1.807) is 0 Å². The molecule has 1 N–H and O–H groups in total. The second-order valence-corrected chi connectivity index (χ2v) is 5.24. The molecule has 0 aliphatic rings. The lowest BCUT2D eigenvalue weighted by Gasteiger charge is -2.06. The van der Waals surface area contributed by atoms with Crippen molar-refractivity contribution in [2.45, 2.75) is 37.3 Å². The van der Waals surface area contributed by atoms with Crippen LogP contribution in [0.15, 0.2) is 29.2 Å². The number of carbonyl (C=O) groups excluding carboxylic acids is 1. The number of hydrogen-bond donors (Lipinski definition) is 1. The third-order valence-corrected chi connectivity index (χ3v) is 2.85. The van der Waals surface area contributed by atoms with Crippen LogP contribution in [0.1, 0.15) is 27.2 Å². The van der Waals surface area contributed by atoms with Crippen LogP contribution in [0.25, 0.3) is 0 Å². The molecule has 1 rings (SSSR count). The highest BCUT2D eigenvalue weighted by molar-refractivity contribution is 7.99. The number of amides is 1. The summed E-state index contributed by atoms with van der Waals surface area (Å²) < 4.78 is 0. The first kappa shape index (κ1) is 12.1. The van der Waals surface area contributed by atoms with Gasteiger partial charge in [-0.15, -0.1) is 11.8 Å². The van der Waals surface area contributed by atoms with Gasteiger partial charge in [-0.2, -0.15) is 0 Å². The maximum atomic E-state index is 11.1. The molecule has 82 valence electrons. The van der Waals surface area contributed by atoms with Crippen LogP contribution in [0.5, 0.6) is 0 Å². The van der Waals surface area contributed by atoms with Crippen LogP contribution in [0.4, 0.5) is 5.69 Å². The van der Waals surface area contributed by atoms with Crippen molar-refractivity contribution in [2.75, 3.05) is 5.32 Å². The Labute approximate surface area is 95.5 Å². The standard InChI is InChI=1S/C12H17NOS/c1-4-12(14)13-10-5-7-11(8-6-10)15-9(2)3/h5-9H,4H2,1-3H3,(H,13,14). The monoisotopic (exact) mass is 223 g/mol. The first-order chi connectivity index (χ1) is 7.11. The van der Waals surface area contributed by atoms with Gasteiger partial charge in [-0.1, -0.05) is 20.8 Å². The lowest BCUT2D eigenvalue weighted by molar-refractivity contribution is -0.115. The molecule has 3 heteroatoms. The largest absolute Gasteiger partial charge is 0.326 e. The van der Waals surface area contributed by atoms with E-state index >= 15 is 0 Å². The summed E-state index contributed by atoms with van der Waals surface area (Å²) in [6, 6.07) is 7.96. The highest BCUT2D eigenvalue weighted by Crippen LogP contribution is 2.24. The summed E-state index contributed by atoms with van der Waals surface area (Å²) in [5, 5.41) is 3.41. The van der Waals surface area contributed by atoms with E-state index < -0.39 is 0 Å². The van der Waals surface area contributed by atoms with Gasteiger partial charge in [-0.05, 0) is 24.3 Å². The SMILES string of the molecule is CCC(=O)Nc1ccc(SC(C)C)cc1. The highest BCUT2D eigenvalue weighted by Gasteiger charge is 2.00. The van der Waals surface area contributed by atoms with Gasteiger partial charge in [0, 0.05) is 22.3 Å². The van der Waals surface area contributed by atoms with Crippen LogP contribution >= 0.6 is 11.8 Å². The van der Waals surface area contributed by atoms with Gasteiger partial charge in [-0.25, -0.2) is 0 Å². The molecule has 0 saturated heterocycles. The Morgan fingerprint density at radius 1 is 1.33 bits per heavy atom. The Hall–Kier alpha value is -0.960. The third kappa shape index (κ3) is 4.38. The van der Waals surface area contributed by atoms with E-state index in [0.29, 0.717) is 11.7 Å². The number of rotatable bonds is 4. The van der Waals surface area contributed by atoms with E-state index in [9.17, 15) is 4.79 Å². The topological polar surface area (TPSA) is 29.1 Å². The molecule has 1 amide bonds. The molecule has 0 radical (unpaired) electrons. The van der Waals surface area contributed by atoms with Crippen molar-refractivity contribution in [3.05, 3.63) is 24.3 Å². The van der Waals surface area contributed by atoms with Crippen molar-refractivity contribution < 1.29 is 4.79 Å². The summed E-state index contributed by atoms with van der Waals surface area (Å²) in [7, 11) is 0. The number of hydrogen-bond acceptors (Lipinski definition) is 2. The Kier molecular flexibility index (Phi) is 4.69. The van der Waals surface area contributed by atoms with Crippen molar-refractivity contribution in [3.8, 4) is 0 Å². The Morgan fingerprint density at radius 3 is 2.40 bits per heavy atom. The maximum Gasteiger partial charge on any atom is 0.224 e. The zero-order chi connectivity index (χ0) is 11.3. The van der Waals surface area contributed by atoms with Crippen molar-refractivity contribution >= 4 is 23.4 Å². The minimum absolute atomic E-state index is 0.0549. The minimum Gasteiger partial charge on any atom is -0.326 e. The fraction of sp³-hybridized carbons (Fsp3) is 0.417. The molecule has 0 heterocycles. The van der Waals surface area contributed by atoms with Gasteiger partial charge < -0.3 is 5.32 Å². The fourth-order valence-electron chi connectivity index (χ4n) is 1.14. The normalized spacial score (nSPS) is 10.4. The molecule has 0 atom stereocenters. The average molecular weight is 223 g/mol. The van der Waals surface area contributed by atoms with Crippen molar-refractivity contribution in [1.29, 1.82) is 0 Å². The molecule has 0 aromatic heterocycles. The number of benzene rings is 1. The summed E-state index contributed by atoms with van der Waals surface area (Å²) in [5.74, 6) is 0.0549. The van der Waals surface area contributed by atoms with E-state index in [0.717, 1.165) is 5.69 Å². The van der Waals surface area contributed by atoms with E-state index in [-0.39, 0.29) is 5.91 Å². The molecule has 0 spiro atoms. The van der Waals surface area contributed by atoms with E-state index in [1.165, 1.54) is 4.90 Å². The molecule has 0 bridgehead atoms. The Balaban J connectivity index is 2.60. The number of anilines is 1. The predicted octanol–water partition coefficient (Wildman–Crippen LogP) is 3.54. The van der Waals surface area contributed by atoms with Gasteiger partial charge in [0.2, 0.25) is 5.91 Å². The van der Waals surface area contributed by atoms with Gasteiger partial charge in [-0.3, -0.25) is 4.79 Å². The molecular formula is C12H17NOS. The van der Waals surface area contributed by atoms with Crippen molar-refractivity contribution in [2.24, 2.45) is 0 Å². The Morgan fingerprint density at radius 2 is 1.93 bits per heavy atom. The van der Waals surface area contributed by atoms with Gasteiger partial charge in [0.15, 0.2) is 0 Å². The van der Waals surface area contributed by atoms with Crippen LogP contribution in [-0.4, -0.2) is 11.2 Å². The maximum absolute atomic E-state index is 11.1. The second kappa shape index (κ2) is 5.81. The molecule has 1 aromatic carbocycles. The highest BCUT2D eigenvalue weighted by atomic mass is 32.2. The minimum atomic E-state index is 0.0549. The molecule has 15 heavy (non-hydrogen) atoms. The fourth-order valence-corrected chi connectivity index (χ4v) is 1.98. The molecule has 0 fully saturated rings. The summed E-state index contributed by atoms with van der Waals surface area (Å²) >= 11 is 1.82. The molecule has 0 unspecified atom stereocenters. The smallest absolute Gasteiger partial charge is 0.224 e. The Bertz CT molecular complexity index is 319. The zero-order valence-electron chi connectivity index (χ0n) is 9.41. The molecule has 2 nitrogen and oxygen atoms in total. The van der Waals surface area contributed by atoms with Gasteiger partial charge in [0.25, 0.3) is 0 Å². The summed E-state index contributed by atoms with van der Waals surface area (Å²) in [5.41, 5.74) is 0.870. The average Bonchev–Trinajstić information content (AvgIpc) is 2.20. The van der Waals surface area contributed by atoms with Gasteiger partial charge in [0.05, 0.1) is 0 Å².